The van der Waals surface area contributed by atoms with Crippen LogP contribution in [0.1, 0.15) is 241 Å². The smallest absolute Gasteiger partial charge is 0.410 e. The minimum absolute atomic E-state index is 0.0189. The van der Waals surface area contributed by atoms with E-state index >= 15 is 0 Å². The van der Waals surface area contributed by atoms with Crippen molar-refractivity contribution in [2.45, 2.75) is 253 Å². The average Bonchev–Trinajstić information content (AvgIpc) is 3.80. The number of hydrogen-bond donors (Lipinski definition) is 0. The lowest BCUT2D eigenvalue weighted by Gasteiger charge is -2.25. The molecule has 0 aliphatic carbocycles. The first-order chi connectivity index (χ1) is 35.9. The van der Waals surface area contributed by atoms with Gasteiger partial charge in [-0.3, -0.25) is 33.7 Å². The van der Waals surface area contributed by atoms with E-state index in [1.165, 1.54) is 4.90 Å². The van der Waals surface area contributed by atoms with E-state index in [-0.39, 0.29) is 115 Å². The summed E-state index contributed by atoms with van der Waals surface area (Å²) in [5, 5.41) is 0. The third-order valence-corrected chi connectivity index (χ3v) is 13.6. The van der Waals surface area contributed by atoms with Gasteiger partial charge in [-0.15, -0.1) is 0 Å². The van der Waals surface area contributed by atoms with Crippen molar-refractivity contribution in [2.75, 3.05) is 65.8 Å². The highest BCUT2D eigenvalue weighted by Gasteiger charge is 2.39. The Bertz CT molecular complexity index is 1430. The van der Waals surface area contributed by atoms with Crippen LogP contribution in [-0.2, 0) is 61.9 Å². The second kappa shape index (κ2) is 46.4. The van der Waals surface area contributed by atoms with Gasteiger partial charge in [0, 0.05) is 50.5 Å². The molecule has 0 N–H and O–H groups in total. The second-order valence-corrected chi connectivity index (χ2v) is 20.4. The van der Waals surface area contributed by atoms with E-state index in [9.17, 15) is 33.6 Å². The van der Waals surface area contributed by atoms with Crippen molar-refractivity contribution in [2.24, 2.45) is 11.8 Å². The summed E-state index contributed by atoms with van der Waals surface area (Å²) in [5.74, 6) is -4.06. The zero-order chi connectivity index (χ0) is 54.4. The molecule has 0 aromatic heterocycles. The Balaban J connectivity index is 3.07. The summed E-state index contributed by atoms with van der Waals surface area (Å²) >= 11 is 0. The van der Waals surface area contributed by atoms with Crippen LogP contribution >= 0.6 is 0 Å². The van der Waals surface area contributed by atoms with Crippen molar-refractivity contribution < 1.29 is 66.7 Å². The van der Waals surface area contributed by atoms with Crippen molar-refractivity contribution in [3.63, 3.8) is 0 Å². The molecule has 0 unspecified atom stereocenters. The predicted molar refractivity (Wildman–Crippen MR) is 287 cm³/mol. The van der Waals surface area contributed by atoms with Gasteiger partial charge in [0.25, 0.3) is 0 Å². The highest BCUT2D eigenvalue weighted by Crippen LogP contribution is 2.24. The summed E-state index contributed by atoms with van der Waals surface area (Å²) in [6.07, 6.45) is 23.8. The summed E-state index contributed by atoms with van der Waals surface area (Å²) in [4.78, 5) is 95.1. The Labute approximate surface area is 447 Å². The van der Waals surface area contributed by atoms with Crippen LogP contribution in [0, 0.1) is 11.8 Å². The van der Waals surface area contributed by atoms with Crippen molar-refractivity contribution in [1.29, 1.82) is 0 Å². The van der Waals surface area contributed by atoms with Gasteiger partial charge < -0.3 is 38.1 Å². The Kier molecular flexibility index (Phi) is 42.6. The van der Waals surface area contributed by atoms with Gasteiger partial charge >= 0.3 is 41.9 Å². The number of amides is 1. The number of esters is 6. The SMILES string of the molecule is CCCCCCCCC(=O)OCC(COC(=O)CCCCCCCC)CC(=O)OC[C@@H]1C[C@@H](OC(=O)CC(COC(=O)CCCCCCCC)COC(=O)CCCCCCCC)CN1C(=O)OCCN(CC)CC. The molecule has 1 aliphatic heterocycles. The molecule has 1 aliphatic rings. The zero-order valence-corrected chi connectivity index (χ0v) is 47.4. The summed E-state index contributed by atoms with van der Waals surface area (Å²) in [6.45, 7) is 14.1. The van der Waals surface area contributed by atoms with Gasteiger partial charge in [0.05, 0.1) is 51.9 Å². The van der Waals surface area contributed by atoms with E-state index in [0.717, 1.165) is 142 Å². The monoisotopic (exact) mass is 1050 g/mol. The molecule has 430 valence electrons. The van der Waals surface area contributed by atoms with Crippen LogP contribution < -0.4 is 0 Å². The van der Waals surface area contributed by atoms with Gasteiger partial charge in [0.1, 0.15) is 19.3 Å². The average molecular weight is 1050 g/mol. The maximum atomic E-state index is 13.6. The lowest BCUT2D eigenvalue weighted by Crippen LogP contribution is -2.40. The molecule has 1 rings (SSSR count). The van der Waals surface area contributed by atoms with Crippen LogP contribution in [0.3, 0.4) is 0 Å². The standard InChI is InChI=1S/C58H104N2O14/c1-7-13-17-21-25-29-33-52(61)69-43-48(44-70-53(62)34-30-26-22-18-14-8-2)39-56(65)73-47-50-41-51(42-60(50)58(67)68-38-37-59(11-5)12-6)74-57(66)40-49(45-71-54(63)35-31-27-23-19-15-9-3)46-72-55(64)36-32-28-24-20-16-10-4/h48-51H,7-47H2,1-6H3/t50-,51+/m0/s1. The fraction of sp³-hybridized carbons (Fsp3) is 0.879. The third kappa shape index (κ3) is 36.9. The molecule has 0 aromatic carbocycles. The van der Waals surface area contributed by atoms with Gasteiger partial charge in [-0.1, -0.05) is 170 Å². The molecule has 0 saturated carbocycles. The molecule has 16 heteroatoms. The molecule has 16 nitrogen and oxygen atoms in total. The van der Waals surface area contributed by atoms with Gasteiger partial charge in [0.15, 0.2) is 0 Å². The number of rotatable bonds is 48. The molecule has 1 amide bonds. The van der Waals surface area contributed by atoms with Crippen molar-refractivity contribution in [3.05, 3.63) is 0 Å². The maximum absolute atomic E-state index is 13.6. The second-order valence-electron chi connectivity index (χ2n) is 20.4. The van der Waals surface area contributed by atoms with Crippen LogP contribution in [0.15, 0.2) is 0 Å². The van der Waals surface area contributed by atoms with Crippen LogP contribution in [0.25, 0.3) is 0 Å². The minimum Gasteiger partial charge on any atom is -0.465 e. The number of carbonyl (C=O) groups excluding carboxylic acids is 7. The maximum Gasteiger partial charge on any atom is 0.410 e. The molecular weight excluding hydrogens is 949 g/mol. The van der Waals surface area contributed by atoms with Crippen molar-refractivity contribution in [3.8, 4) is 0 Å². The molecule has 0 radical (unpaired) electrons. The van der Waals surface area contributed by atoms with E-state index in [2.05, 4.69) is 32.6 Å². The summed E-state index contributed by atoms with van der Waals surface area (Å²) in [5.41, 5.74) is 0. The molecule has 74 heavy (non-hydrogen) atoms. The molecular formula is C58H104N2O14. The summed E-state index contributed by atoms with van der Waals surface area (Å²) < 4.78 is 39.7. The van der Waals surface area contributed by atoms with Gasteiger partial charge in [-0.2, -0.15) is 0 Å². The molecule has 0 bridgehead atoms. The zero-order valence-electron chi connectivity index (χ0n) is 47.4. The van der Waals surface area contributed by atoms with Gasteiger partial charge in [-0.25, -0.2) is 4.79 Å². The lowest BCUT2D eigenvalue weighted by atomic mass is 10.1. The number of ether oxygens (including phenoxy) is 7. The van der Waals surface area contributed by atoms with E-state index in [1.807, 2.05) is 13.8 Å². The first-order valence-electron chi connectivity index (χ1n) is 29.5. The quantitative estimate of drug-likeness (QED) is 0.0317. The molecule has 0 aromatic rings. The van der Waals surface area contributed by atoms with Crippen LogP contribution in [0.2, 0.25) is 0 Å². The van der Waals surface area contributed by atoms with Crippen molar-refractivity contribution >= 4 is 41.9 Å². The van der Waals surface area contributed by atoms with E-state index in [1.54, 1.807) is 0 Å². The topological polar surface area (TPSA) is 191 Å². The number of carbonyl (C=O) groups is 7. The van der Waals surface area contributed by atoms with E-state index < -0.39 is 42.0 Å². The lowest BCUT2D eigenvalue weighted by molar-refractivity contribution is -0.157. The largest absolute Gasteiger partial charge is 0.465 e. The molecule has 1 fully saturated rings. The van der Waals surface area contributed by atoms with Crippen LogP contribution in [-0.4, -0.2) is 130 Å². The minimum atomic E-state index is -0.780. The Morgan fingerprint density at radius 1 is 0.432 bits per heavy atom. The number of unbranched alkanes of at least 4 members (excludes halogenated alkanes) is 20. The Hall–Kier alpha value is -3.95. The fourth-order valence-corrected chi connectivity index (χ4v) is 8.84. The normalized spacial score (nSPS) is 14.4. The highest BCUT2D eigenvalue weighted by atomic mass is 16.6. The third-order valence-electron chi connectivity index (χ3n) is 13.6. The molecule has 0 spiro atoms. The fourth-order valence-electron chi connectivity index (χ4n) is 8.84. The number of likely N-dealkylation sites (tertiary alicyclic amines) is 1. The highest BCUT2D eigenvalue weighted by molar-refractivity contribution is 5.73. The summed E-state index contributed by atoms with van der Waals surface area (Å²) in [6, 6.07) is -0.705. The molecule has 2 atom stereocenters. The number of hydrogen-bond acceptors (Lipinski definition) is 15. The number of likely N-dealkylation sites (N-methyl/N-ethyl adjacent to an activating group) is 1. The Morgan fingerprint density at radius 3 is 1.15 bits per heavy atom. The van der Waals surface area contributed by atoms with Crippen molar-refractivity contribution in [1.82, 2.24) is 9.80 Å². The number of nitrogens with zero attached hydrogens (tertiary/aromatic N) is 2. The van der Waals surface area contributed by atoms with Gasteiger partial charge in [0.2, 0.25) is 0 Å². The first kappa shape index (κ1) is 68.1. The predicted octanol–water partition coefficient (Wildman–Crippen LogP) is 12.2. The Morgan fingerprint density at radius 2 is 0.784 bits per heavy atom. The van der Waals surface area contributed by atoms with Crippen LogP contribution in [0.4, 0.5) is 4.79 Å². The molecule has 1 heterocycles. The van der Waals surface area contributed by atoms with E-state index in [0.29, 0.717) is 32.2 Å². The van der Waals surface area contributed by atoms with E-state index in [4.69, 9.17) is 33.2 Å². The van der Waals surface area contributed by atoms with Crippen LogP contribution in [0.5, 0.6) is 0 Å². The molecule has 1 saturated heterocycles. The first-order valence-corrected chi connectivity index (χ1v) is 29.5. The van der Waals surface area contributed by atoms with Gasteiger partial charge in [-0.05, 0) is 38.8 Å². The summed E-state index contributed by atoms with van der Waals surface area (Å²) in [7, 11) is 0.